The number of likely N-dealkylation sites (N-methyl/N-ethyl adjacent to an activating group) is 1. The van der Waals surface area contributed by atoms with E-state index < -0.39 is 0 Å². The lowest BCUT2D eigenvalue weighted by Gasteiger charge is -2.26. The molecular formula is C11H22ClN3O. The lowest BCUT2D eigenvalue weighted by molar-refractivity contribution is -0.126. The minimum Gasteiger partial charge on any atom is -0.329 e. The van der Waals surface area contributed by atoms with Crippen LogP contribution in [-0.4, -0.2) is 55.1 Å². The SMILES string of the molecule is CCN1CN(CC2CCNCC2)CC1=O.Cl. The summed E-state index contributed by atoms with van der Waals surface area (Å²) in [4.78, 5) is 15.8. The maximum Gasteiger partial charge on any atom is 0.237 e. The molecule has 0 aromatic rings. The normalized spacial score (nSPS) is 23.6. The van der Waals surface area contributed by atoms with Gasteiger partial charge in [0, 0.05) is 13.1 Å². The highest BCUT2D eigenvalue weighted by Crippen LogP contribution is 2.16. The molecule has 0 saturated carbocycles. The van der Waals surface area contributed by atoms with E-state index in [2.05, 4.69) is 10.2 Å². The fraction of sp³-hybridized carbons (Fsp3) is 0.909. The highest BCUT2D eigenvalue weighted by atomic mass is 35.5. The van der Waals surface area contributed by atoms with Crippen LogP contribution in [0.25, 0.3) is 0 Å². The van der Waals surface area contributed by atoms with Crippen LogP contribution in [0, 0.1) is 5.92 Å². The Hall–Kier alpha value is -0.320. The van der Waals surface area contributed by atoms with Gasteiger partial charge < -0.3 is 10.2 Å². The summed E-state index contributed by atoms with van der Waals surface area (Å²) >= 11 is 0. The van der Waals surface area contributed by atoms with E-state index in [0.29, 0.717) is 12.5 Å². The molecule has 0 unspecified atom stereocenters. The second-order valence-corrected chi connectivity index (χ2v) is 4.60. The second-order valence-electron chi connectivity index (χ2n) is 4.60. The zero-order chi connectivity index (χ0) is 10.7. The molecule has 2 rings (SSSR count). The van der Waals surface area contributed by atoms with Crippen LogP contribution in [-0.2, 0) is 4.79 Å². The van der Waals surface area contributed by atoms with Gasteiger partial charge in [-0.3, -0.25) is 9.69 Å². The van der Waals surface area contributed by atoms with Gasteiger partial charge in [-0.2, -0.15) is 0 Å². The molecule has 2 saturated heterocycles. The third kappa shape index (κ3) is 3.34. The van der Waals surface area contributed by atoms with E-state index in [-0.39, 0.29) is 12.4 Å². The Morgan fingerprint density at radius 3 is 2.62 bits per heavy atom. The molecule has 16 heavy (non-hydrogen) atoms. The van der Waals surface area contributed by atoms with Gasteiger partial charge in [0.2, 0.25) is 5.91 Å². The number of hydrogen-bond donors (Lipinski definition) is 1. The molecule has 0 radical (unpaired) electrons. The average Bonchev–Trinajstić information content (AvgIpc) is 2.60. The molecule has 4 nitrogen and oxygen atoms in total. The molecular weight excluding hydrogens is 226 g/mol. The number of halogens is 1. The van der Waals surface area contributed by atoms with Crippen LogP contribution in [0.4, 0.5) is 0 Å². The maximum atomic E-state index is 11.5. The Kier molecular flexibility index (Phi) is 5.52. The third-order valence-electron chi connectivity index (χ3n) is 3.44. The second kappa shape index (κ2) is 6.42. The molecule has 0 bridgehead atoms. The van der Waals surface area contributed by atoms with Gasteiger partial charge in [-0.05, 0) is 38.8 Å². The van der Waals surface area contributed by atoms with Gasteiger partial charge in [0.25, 0.3) is 0 Å². The summed E-state index contributed by atoms with van der Waals surface area (Å²) < 4.78 is 0. The van der Waals surface area contributed by atoms with E-state index >= 15 is 0 Å². The third-order valence-corrected chi connectivity index (χ3v) is 3.44. The molecule has 2 heterocycles. The van der Waals surface area contributed by atoms with Crippen LogP contribution in [0.3, 0.4) is 0 Å². The first-order valence-corrected chi connectivity index (χ1v) is 6.00. The van der Waals surface area contributed by atoms with E-state index in [1.807, 2.05) is 11.8 Å². The Bertz CT molecular complexity index is 231. The number of piperidine rings is 1. The standard InChI is InChI=1S/C11H21N3O.ClH/c1-2-14-9-13(8-11(14)15)7-10-3-5-12-6-4-10;/h10,12H,2-9H2,1H3;1H. The van der Waals surface area contributed by atoms with Crippen LogP contribution in [0.15, 0.2) is 0 Å². The van der Waals surface area contributed by atoms with Crippen LogP contribution in [0.1, 0.15) is 19.8 Å². The van der Waals surface area contributed by atoms with Gasteiger partial charge in [0.15, 0.2) is 0 Å². The summed E-state index contributed by atoms with van der Waals surface area (Å²) in [6.45, 7) is 7.77. The largest absolute Gasteiger partial charge is 0.329 e. The van der Waals surface area contributed by atoms with Crippen molar-refractivity contribution in [1.29, 1.82) is 0 Å². The fourth-order valence-electron chi connectivity index (χ4n) is 2.49. The van der Waals surface area contributed by atoms with Crippen molar-refractivity contribution in [3.63, 3.8) is 0 Å². The Morgan fingerprint density at radius 2 is 2.06 bits per heavy atom. The quantitative estimate of drug-likeness (QED) is 0.791. The zero-order valence-corrected chi connectivity index (χ0v) is 10.8. The van der Waals surface area contributed by atoms with E-state index in [1.165, 1.54) is 12.8 Å². The van der Waals surface area contributed by atoms with Crippen molar-refractivity contribution in [3.8, 4) is 0 Å². The topological polar surface area (TPSA) is 35.6 Å². The van der Waals surface area contributed by atoms with Gasteiger partial charge in [0.05, 0.1) is 13.2 Å². The molecule has 1 N–H and O–H groups in total. The molecule has 0 spiro atoms. The van der Waals surface area contributed by atoms with E-state index in [1.54, 1.807) is 0 Å². The fourth-order valence-corrected chi connectivity index (χ4v) is 2.49. The highest BCUT2D eigenvalue weighted by Gasteiger charge is 2.27. The summed E-state index contributed by atoms with van der Waals surface area (Å²) in [6, 6.07) is 0. The van der Waals surface area contributed by atoms with E-state index in [9.17, 15) is 4.79 Å². The molecule has 0 aromatic heterocycles. The van der Waals surface area contributed by atoms with Gasteiger partial charge in [0.1, 0.15) is 0 Å². The molecule has 94 valence electrons. The number of nitrogens with one attached hydrogen (secondary N) is 1. The number of rotatable bonds is 3. The minimum atomic E-state index is 0. The summed E-state index contributed by atoms with van der Waals surface area (Å²) in [7, 11) is 0. The Morgan fingerprint density at radius 1 is 1.38 bits per heavy atom. The summed E-state index contributed by atoms with van der Waals surface area (Å²) in [6.07, 6.45) is 2.52. The van der Waals surface area contributed by atoms with Crippen molar-refractivity contribution < 1.29 is 4.79 Å². The lowest BCUT2D eigenvalue weighted by atomic mass is 9.98. The summed E-state index contributed by atoms with van der Waals surface area (Å²) in [5.74, 6) is 1.09. The van der Waals surface area contributed by atoms with Crippen molar-refractivity contribution in [2.45, 2.75) is 19.8 Å². The summed E-state index contributed by atoms with van der Waals surface area (Å²) in [5, 5.41) is 3.37. The predicted molar refractivity (Wildman–Crippen MR) is 66.7 cm³/mol. The van der Waals surface area contributed by atoms with Crippen molar-refractivity contribution in [2.75, 3.05) is 39.4 Å². The van der Waals surface area contributed by atoms with Crippen molar-refractivity contribution >= 4 is 18.3 Å². The molecule has 2 aliphatic rings. The average molecular weight is 248 g/mol. The van der Waals surface area contributed by atoms with Crippen molar-refractivity contribution in [3.05, 3.63) is 0 Å². The first-order valence-electron chi connectivity index (χ1n) is 6.00. The van der Waals surface area contributed by atoms with Crippen LogP contribution in [0.2, 0.25) is 0 Å². The van der Waals surface area contributed by atoms with Gasteiger partial charge >= 0.3 is 0 Å². The number of carbonyl (C=O) groups is 1. The Labute approximate surface area is 104 Å². The molecule has 2 aliphatic heterocycles. The van der Waals surface area contributed by atoms with Crippen molar-refractivity contribution in [1.82, 2.24) is 15.1 Å². The predicted octanol–water partition coefficient (Wildman–Crippen LogP) is 0.529. The van der Waals surface area contributed by atoms with Gasteiger partial charge in [-0.15, -0.1) is 12.4 Å². The highest BCUT2D eigenvalue weighted by molar-refractivity contribution is 5.85. The van der Waals surface area contributed by atoms with Crippen LogP contribution < -0.4 is 5.32 Å². The van der Waals surface area contributed by atoms with Crippen molar-refractivity contribution in [2.24, 2.45) is 5.92 Å². The summed E-state index contributed by atoms with van der Waals surface area (Å²) in [5.41, 5.74) is 0. The first-order chi connectivity index (χ1) is 7.29. The smallest absolute Gasteiger partial charge is 0.237 e. The Balaban J connectivity index is 0.00000128. The number of nitrogens with zero attached hydrogens (tertiary/aromatic N) is 2. The molecule has 1 amide bonds. The maximum absolute atomic E-state index is 11.5. The molecule has 0 aromatic carbocycles. The zero-order valence-electron chi connectivity index (χ0n) is 9.95. The van der Waals surface area contributed by atoms with E-state index in [4.69, 9.17) is 0 Å². The number of amides is 1. The minimum absolute atomic E-state index is 0. The first kappa shape index (κ1) is 13.7. The van der Waals surface area contributed by atoms with Crippen LogP contribution >= 0.6 is 12.4 Å². The van der Waals surface area contributed by atoms with Gasteiger partial charge in [-0.25, -0.2) is 0 Å². The molecule has 0 atom stereocenters. The number of hydrogen-bond acceptors (Lipinski definition) is 3. The van der Waals surface area contributed by atoms with Crippen LogP contribution in [0.5, 0.6) is 0 Å². The monoisotopic (exact) mass is 247 g/mol. The molecule has 0 aliphatic carbocycles. The van der Waals surface area contributed by atoms with E-state index in [0.717, 1.165) is 38.8 Å². The number of carbonyl (C=O) groups excluding carboxylic acids is 1. The molecule has 2 fully saturated rings. The van der Waals surface area contributed by atoms with Gasteiger partial charge in [-0.1, -0.05) is 0 Å². The molecule has 5 heteroatoms. The lowest BCUT2D eigenvalue weighted by Crippen LogP contribution is -2.36.